The van der Waals surface area contributed by atoms with E-state index in [9.17, 15) is 9.59 Å². The molecule has 8 heteroatoms. The summed E-state index contributed by atoms with van der Waals surface area (Å²) in [7, 11) is 0. The number of carbonyl (C=O) groups excluding carboxylic acids is 2. The topological polar surface area (TPSA) is 102 Å². The number of aliphatic hydroxyl groups excluding tert-OH is 2. The lowest BCUT2D eigenvalue weighted by molar-refractivity contribution is -0.113. The van der Waals surface area contributed by atoms with Gasteiger partial charge in [-0.25, -0.2) is 0 Å². The van der Waals surface area contributed by atoms with Gasteiger partial charge >= 0.3 is 0 Å². The van der Waals surface area contributed by atoms with Crippen LogP contribution in [-0.4, -0.2) is 72.1 Å². The van der Waals surface area contributed by atoms with Gasteiger partial charge in [-0.1, -0.05) is 0 Å². The molecule has 0 aliphatic carbocycles. The molecule has 0 radical (unpaired) electrons. The van der Waals surface area contributed by atoms with Gasteiger partial charge in [0.1, 0.15) is 0 Å². The Morgan fingerprint density at radius 3 is 2.71 bits per heavy atom. The molecule has 7 nitrogen and oxygen atoms in total. The van der Waals surface area contributed by atoms with Crippen LogP contribution in [0.15, 0.2) is 23.1 Å². The Balaban J connectivity index is 1.80. The van der Waals surface area contributed by atoms with E-state index in [4.69, 9.17) is 10.2 Å². The fourth-order valence-electron chi connectivity index (χ4n) is 2.45. The number of amides is 2. The van der Waals surface area contributed by atoms with E-state index in [0.717, 1.165) is 11.3 Å². The van der Waals surface area contributed by atoms with Gasteiger partial charge in [0.25, 0.3) is 5.91 Å². The van der Waals surface area contributed by atoms with Crippen molar-refractivity contribution >= 4 is 29.3 Å². The molecule has 0 saturated heterocycles. The van der Waals surface area contributed by atoms with Crippen molar-refractivity contribution in [2.24, 2.45) is 0 Å². The number of thioether (sulfide) groups is 1. The summed E-state index contributed by atoms with van der Waals surface area (Å²) in [5.41, 5.74) is 1.19. The maximum absolute atomic E-state index is 12.2. The Labute approximate surface area is 145 Å². The molecular formula is C16H23N3O4S. The Morgan fingerprint density at radius 1 is 1.25 bits per heavy atom. The lowest BCUT2D eigenvalue weighted by Gasteiger charge is -2.20. The summed E-state index contributed by atoms with van der Waals surface area (Å²) in [4.78, 5) is 26.5. The van der Waals surface area contributed by atoms with E-state index in [2.05, 4.69) is 10.6 Å². The van der Waals surface area contributed by atoms with Gasteiger partial charge in [0, 0.05) is 30.1 Å². The summed E-state index contributed by atoms with van der Waals surface area (Å²) in [6.07, 6.45) is 0.725. The van der Waals surface area contributed by atoms with Crippen LogP contribution in [0.5, 0.6) is 0 Å². The molecule has 0 spiro atoms. The molecule has 1 aliphatic heterocycles. The van der Waals surface area contributed by atoms with E-state index in [1.54, 1.807) is 12.1 Å². The third-order valence-electron chi connectivity index (χ3n) is 3.64. The highest BCUT2D eigenvalue weighted by molar-refractivity contribution is 8.00. The number of fused-ring (bicyclic) bond motifs is 1. The van der Waals surface area contributed by atoms with Gasteiger partial charge in [0.2, 0.25) is 5.91 Å². The van der Waals surface area contributed by atoms with E-state index >= 15 is 0 Å². The molecule has 0 unspecified atom stereocenters. The Hall–Kier alpha value is -1.61. The zero-order valence-corrected chi connectivity index (χ0v) is 14.3. The van der Waals surface area contributed by atoms with Crippen molar-refractivity contribution in [3.05, 3.63) is 23.8 Å². The van der Waals surface area contributed by atoms with Crippen LogP contribution in [-0.2, 0) is 4.79 Å². The van der Waals surface area contributed by atoms with Crippen molar-refractivity contribution in [2.75, 3.05) is 50.5 Å². The third kappa shape index (κ3) is 5.48. The first-order valence-electron chi connectivity index (χ1n) is 7.93. The highest BCUT2D eigenvalue weighted by atomic mass is 32.2. The molecular weight excluding hydrogens is 330 g/mol. The van der Waals surface area contributed by atoms with Crippen LogP contribution < -0.4 is 10.6 Å². The van der Waals surface area contributed by atoms with Crippen LogP contribution in [0.4, 0.5) is 5.69 Å². The van der Waals surface area contributed by atoms with E-state index in [0.29, 0.717) is 43.2 Å². The summed E-state index contributed by atoms with van der Waals surface area (Å²) in [6.45, 7) is 2.31. The number of nitrogens with one attached hydrogen (secondary N) is 2. The molecule has 0 atom stereocenters. The Morgan fingerprint density at radius 2 is 2.00 bits per heavy atom. The zero-order valence-electron chi connectivity index (χ0n) is 13.5. The summed E-state index contributed by atoms with van der Waals surface area (Å²) in [5.74, 6) is 0.160. The lowest BCUT2D eigenvalue weighted by Crippen LogP contribution is -2.33. The smallest absolute Gasteiger partial charge is 0.251 e. The van der Waals surface area contributed by atoms with Crippen LogP contribution in [0.25, 0.3) is 0 Å². The average Bonchev–Trinajstić information content (AvgIpc) is 2.58. The SMILES string of the molecule is O=C1CSc2ccc(C(=O)NCCCN(CCO)CCO)cc2N1. The highest BCUT2D eigenvalue weighted by Gasteiger charge is 2.17. The number of aliphatic hydroxyl groups is 2. The number of carbonyl (C=O) groups is 2. The molecule has 0 saturated carbocycles. The van der Waals surface area contributed by atoms with E-state index < -0.39 is 0 Å². The van der Waals surface area contributed by atoms with Crippen LogP contribution in [0.2, 0.25) is 0 Å². The van der Waals surface area contributed by atoms with Gasteiger partial charge in [0.05, 0.1) is 24.7 Å². The third-order valence-corrected chi connectivity index (χ3v) is 4.72. The van der Waals surface area contributed by atoms with Crippen LogP contribution >= 0.6 is 11.8 Å². The van der Waals surface area contributed by atoms with Crippen molar-refractivity contribution in [1.82, 2.24) is 10.2 Å². The number of hydrogen-bond acceptors (Lipinski definition) is 6. The maximum Gasteiger partial charge on any atom is 0.251 e. The first-order valence-corrected chi connectivity index (χ1v) is 8.91. The molecule has 0 fully saturated rings. The van der Waals surface area contributed by atoms with E-state index in [1.165, 1.54) is 11.8 Å². The monoisotopic (exact) mass is 353 g/mol. The Kier molecular flexibility index (Phi) is 7.51. The molecule has 1 heterocycles. The summed E-state index contributed by atoms with van der Waals surface area (Å²) in [6, 6.07) is 5.29. The summed E-state index contributed by atoms with van der Waals surface area (Å²) in [5, 5.41) is 23.5. The predicted molar refractivity (Wildman–Crippen MR) is 93.4 cm³/mol. The number of anilines is 1. The van der Waals surface area contributed by atoms with Gasteiger partial charge in [-0.2, -0.15) is 0 Å². The fourth-order valence-corrected chi connectivity index (χ4v) is 3.24. The molecule has 0 aromatic heterocycles. The minimum absolute atomic E-state index is 0.0468. The van der Waals surface area contributed by atoms with E-state index in [-0.39, 0.29) is 25.0 Å². The van der Waals surface area contributed by atoms with Crippen molar-refractivity contribution in [1.29, 1.82) is 0 Å². The normalized spacial score (nSPS) is 13.5. The molecule has 2 amide bonds. The molecule has 24 heavy (non-hydrogen) atoms. The van der Waals surface area contributed by atoms with Crippen molar-refractivity contribution in [3.8, 4) is 0 Å². The second-order valence-corrected chi connectivity index (χ2v) is 6.46. The van der Waals surface area contributed by atoms with Gasteiger partial charge < -0.3 is 20.8 Å². The molecule has 0 bridgehead atoms. The van der Waals surface area contributed by atoms with Gasteiger partial charge in [0.15, 0.2) is 0 Å². The van der Waals surface area contributed by atoms with Crippen LogP contribution in [0.3, 0.4) is 0 Å². The number of nitrogens with zero attached hydrogens (tertiary/aromatic N) is 1. The maximum atomic E-state index is 12.2. The number of benzene rings is 1. The first kappa shape index (κ1) is 18.7. The molecule has 2 rings (SSSR count). The Bertz CT molecular complexity index is 576. The molecule has 1 aromatic carbocycles. The standard InChI is InChI=1S/C16H23N3O4S/c20-8-6-19(7-9-21)5-1-4-17-16(23)12-2-3-14-13(10-12)18-15(22)11-24-14/h2-3,10,20-21H,1,4-9,11H2,(H,17,23)(H,18,22). The van der Waals surface area contributed by atoms with Gasteiger partial charge in [-0.05, 0) is 31.2 Å². The predicted octanol–water partition coefficient (Wildman–Crippen LogP) is 0.137. The minimum atomic E-state index is -0.182. The molecule has 1 aromatic rings. The first-order chi connectivity index (χ1) is 11.6. The van der Waals surface area contributed by atoms with Crippen LogP contribution in [0.1, 0.15) is 16.8 Å². The van der Waals surface area contributed by atoms with Crippen molar-refractivity contribution < 1.29 is 19.8 Å². The van der Waals surface area contributed by atoms with Crippen LogP contribution in [0, 0.1) is 0 Å². The largest absolute Gasteiger partial charge is 0.395 e. The second-order valence-electron chi connectivity index (χ2n) is 5.45. The summed E-state index contributed by atoms with van der Waals surface area (Å²) < 4.78 is 0. The average molecular weight is 353 g/mol. The summed E-state index contributed by atoms with van der Waals surface area (Å²) >= 11 is 1.46. The minimum Gasteiger partial charge on any atom is -0.395 e. The highest BCUT2D eigenvalue weighted by Crippen LogP contribution is 2.31. The van der Waals surface area contributed by atoms with Crippen molar-refractivity contribution in [2.45, 2.75) is 11.3 Å². The number of rotatable bonds is 9. The van der Waals surface area contributed by atoms with Crippen molar-refractivity contribution in [3.63, 3.8) is 0 Å². The van der Waals surface area contributed by atoms with Gasteiger partial charge in [-0.3, -0.25) is 14.5 Å². The van der Waals surface area contributed by atoms with E-state index in [1.807, 2.05) is 11.0 Å². The second kappa shape index (κ2) is 9.63. The fraction of sp³-hybridized carbons (Fsp3) is 0.500. The zero-order chi connectivity index (χ0) is 17.4. The molecule has 1 aliphatic rings. The van der Waals surface area contributed by atoms with Gasteiger partial charge in [-0.15, -0.1) is 11.8 Å². The quantitative estimate of drug-likeness (QED) is 0.471. The molecule has 4 N–H and O–H groups in total. The molecule has 132 valence electrons. The lowest BCUT2D eigenvalue weighted by atomic mass is 10.2. The number of hydrogen-bond donors (Lipinski definition) is 4.